The van der Waals surface area contributed by atoms with E-state index in [2.05, 4.69) is 29.0 Å². The summed E-state index contributed by atoms with van der Waals surface area (Å²) in [5.74, 6) is 0.0821. The van der Waals surface area contributed by atoms with Crippen LogP contribution in [0, 0.1) is 0 Å². The number of sulfone groups is 1. The molecule has 3 atom stereocenters. The number of aliphatic hydroxyl groups is 1. The largest absolute Gasteiger partial charge is 0.387 e. The SMILES string of the molecule is C[C@@H]1CN(c2cccc(-c3ccc4cnc(CNC(=O)c5ccc6c(c5)S(=O)(=O)C[C@@H]6O)cc4n3)n2)C[C@H](C)O1. The summed E-state index contributed by atoms with van der Waals surface area (Å²) in [6, 6.07) is 15.9. The van der Waals surface area contributed by atoms with Crippen LogP contribution in [-0.2, 0) is 21.1 Å². The molecule has 4 aromatic rings. The maximum atomic E-state index is 12.8. The Bertz CT molecular complexity index is 1720. The third-order valence-corrected chi connectivity index (χ3v) is 8.93. The molecule has 5 heterocycles. The molecule has 11 heteroatoms. The van der Waals surface area contributed by atoms with Crippen LogP contribution in [0.3, 0.4) is 0 Å². The summed E-state index contributed by atoms with van der Waals surface area (Å²) < 4.78 is 30.4. The van der Waals surface area contributed by atoms with Gasteiger partial charge in [-0.25, -0.2) is 18.4 Å². The number of anilines is 1. The van der Waals surface area contributed by atoms with Crippen LogP contribution in [0.15, 0.2) is 65.7 Å². The Balaban J connectivity index is 1.20. The first-order chi connectivity index (χ1) is 19.2. The molecule has 10 nitrogen and oxygen atoms in total. The lowest BCUT2D eigenvalue weighted by Crippen LogP contribution is -2.45. The smallest absolute Gasteiger partial charge is 0.251 e. The summed E-state index contributed by atoms with van der Waals surface area (Å²) >= 11 is 0. The highest BCUT2D eigenvalue weighted by atomic mass is 32.2. The zero-order valence-corrected chi connectivity index (χ0v) is 22.9. The second-order valence-corrected chi connectivity index (χ2v) is 12.3. The van der Waals surface area contributed by atoms with Crippen LogP contribution in [-0.4, -0.2) is 65.4 Å². The van der Waals surface area contributed by atoms with E-state index in [1.165, 1.54) is 18.2 Å². The molecule has 2 aliphatic heterocycles. The molecule has 0 spiro atoms. The molecular formula is C29H29N5O5S. The number of nitrogens with zero attached hydrogens (tertiary/aromatic N) is 4. The summed E-state index contributed by atoms with van der Waals surface area (Å²) in [7, 11) is -3.61. The van der Waals surface area contributed by atoms with Crippen molar-refractivity contribution < 1.29 is 23.1 Å². The molecule has 0 unspecified atom stereocenters. The first-order valence-electron chi connectivity index (χ1n) is 13.1. The highest BCUT2D eigenvalue weighted by molar-refractivity contribution is 7.91. The minimum atomic E-state index is -3.61. The van der Waals surface area contributed by atoms with Crippen LogP contribution in [0.5, 0.6) is 0 Å². The molecular weight excluding hydrogens is 530 g/mol. The minimum absolute atomic E-state index is 0.00327. The number of benzene rings is 1. The number of rotatable bonds is 5. The number of aromatic nitrogens is 3. The topological polar surface area (TPSA) is 135 Å². The van der Waals surface area contributed by atoms with E-state index in [-0.39, 0.29) is 35.0 Å². The van der Waals surface area contributed by atoms with Crippen molar-refractivity contribution in [3.05, 3.63) is 77.6 Å². The lowest BCUT2D eigenvalue weighted by atomic mass is 10.1. The molecule has 1 amide bonds. The fourth-order valence-electron chi connectivity index (χ4n) is 5.28. The number of amides is 1. The van der Waals surface area contributed by atoms with Gasteiger partial charge in [0.2, 0.25) is 0 Å². The van der Waals surface area contributed by atoms with Gasteiger partial charge in [0.15, 0.2) is 9.84 Å². The van der Waals surface area contributed by atoms with Crippen molar-refractivity contribution in [3.63, 3.8) is 0 Å². The van der Waals surface area contributed by atoms with E-state index < -0.39 is 21.8 Å². The standard InChI is InChI=1S/C29H29N5O5S/c1-17-14-34(15-18(2)39-17)28-5-3-4-23(33-28)24-9-7-20-12-30-21(11-25(20)32-24)13-31-29(36)19-6-8-22-26(35)16-40(37,38)27(22)10-19/h3-12,17-18,26,35H,13-16H2,1-2H3,(H,31,36)/t17-,18+,26-/m0/s1. The van der Waals surface area contributed by atoms with Gasteiger partial charge in [-0.3, -0.25) is 9.78 Å². The average molecular weight is 560 g/mol. The summed E-state index contributed by atoms with van der Waals surface area (Å²) in [4.78, 5) is 29.1. The maximum Gasteiger partial charge on any atom is 0.251 e. The van der Waals surface area contributed by atoms with Crippen LogP contribution in [0.1, 0.15) is 41.6 Å². The molecule has 1 fully saturated rings. The number of pyridine rings is 3. The molecule has 3 aromatic heterocycles. The highest BCUT2D eigenvalue weighted by Gasteiger charge is 2.34. The summed E-state index contributed by atoms with van der Waals surface area (Å²) in [5, 5.41) is 13.6. The Labute approximate surface area is 232 Å². The first-order valence-corrected chi connectivity index (χ1v) is 14.8. The second-order valence-electron chi connectivity index (χ2n) is 10.3. The number of nitrogens with one attached hydrogen (secondary N) is 1. The molecule has 0 bridgehead atoms. The van der Waals surface area contributed by atoms with Crippen molar-refractivity contribution >= 4 is 32.5 Å². The Morgan fingerprint density at radius 1 is 1.05 bits per heavy atom. The molecule has 0 aliphatic carbocycles. The van der Waals surface area contributed by atoms with Gasteiger partial charge in [0.05, 0.1) is 58.1 Å². The van der Waals surface area contributed by atoms with Gasteiger partial charge >= 0.3 is 0 Å². The van der Waals surface area contributed by atoms with E-state index in [1.54, 1.807) is 6.20 Å². The molecule has 40 heavy (non-hydrogen) atoms. The molecule has 1 saturated heterocycles. The average Bonchev–Trinajstić information content (AvgIpc) is 3.17. The van der Waals surface area contributed by atoms with Crippen LogP contribution in [0.2, 0.25) is 0 Å². The lowest BCUT2D eigenvalue weighted by Gasteiger charge is -2.36. The number of carbonyl (C=O) groups excluding carboxylic acids is 1. The second kappa shape index (κ2) is 10.2. The van der Waals surface area contributed by atoms with Crippen molar-refractivity contribution in [2.75, 3.05) is 23.7 Å². The Morgan fingerprint density at radius 2 is 1.82 bits per heavy atom. The van der Waals surface area contributed by atoms with E-state index in [0.717, 1.165) is 41.2 Å². The number of aliphatic hydroxyl groups excluding tert-OH is 1. The molecule has 1 aromatic carbocycles. The van der Waals surface area contributed by atoms with Crippen molar-refractivity contribution in [2.45, 2.75) is 43.6 Å². The van der Waals surface area contributed by atoms with E-state index in [4.69, 9.17) is 14.7 Å². The van der Waals surface area contributed by atoms with Gasteiger partial charge in [-0.05, 0) is 56.3 Å². The third kappa shape index (κ3) is 5.15. The van der Waals surface area contributed by atoms with Crippen LogP contribution in [0.25, 0.3) is 22.3 Å². The lowest BCUT2D eigenvalue weighted by molar-refractivity contribution is -0.00545. The third-order valence-electron chi connectivity index (χ3n) is 7.15. The normalized spacial score (nSPS) is 21.8. The zero-order chi connectivity index (χ0) is 28.0. The Morgan fingerprint density at radius 3 is 2.62 bits per heavy atom. The molecule has 6 rings (SSSR count). The fraction of sp³-hybridized carbons (Fsp3) is 0.310. The quantitative estimate of drug-likeness (QED) is 0.378. The zero-order valence-electron chi connectivity index (χ0n) is 22.1. The molecule has 0 radical (unpaired) electrons. The summed E-state index contributed by atoms with van der Waals surface area (Å²) in [5.41, 5.74) is 3.33. The predicted octanol–water partition coefficient (Wildman–Crippen LogP) is 3.06. The number of ether oxygens (including phenoxy) is 1. The van der Waals surface area contributed by atoms with Crippen LogP contribution < -0.4 is 10.2 Å². The van der Waals surface area contributed by atoms with Crippen LogP contribution in [0.4, 0.5) is 5.82 Å². The molecule has 2 aliphatic rings. The van der Waals surface area contributed by atoms with Gasteiger partial charge in [-0.2, -0.15) is 0 Å². The van der Waals surface area contributed by atoms with Crippen molar-refractivity contribution in [3.8, 4) is 11.4 Å². The van der Waals surface area contributed by atoms with Gasteiger partial charge in [0.1, 0.15) is 5.82 Å². The van der Waals surface area contributed by atoms with Gasteiger partial charge in [-0.15, -0.1) is 0 Å². The van der Waals surface area contributed by atoms with Crippen molar-refractivity contribution in [1.82, 2.24) is 20.3 Å². The van der Waals surface area contributed by atoms with E-state index in [9.17, 15) is 18.3 Å². The van der Waals surface area contributed by atoms with E-state index in [1.807, 2.05) is 36.4 Å². The van der Waals surface area contributed by atoms with Crippen molar-refractivity contribution in [1.29, 1.82) is 0 Å². The van der Waals surface area contributed by atoms with Gasteiger partial charge in [-0.1, -0.05) is 12.1 Å². The maximum absolute atomic E-state index is 12.8. The minimum Gasteiger partial charge on any atom is -0.387 e. The number of morpholine rings is 1. The highest BCUT2D eigenvalue weighted by Crippen LogP contribution is 2.33. The number of hydrogen-bond acceptors (Lipinski definition) is 9. The van der Waals surface area contributed by atoms with E-state index in [0.29, 0.717) is 11.3 Å². The van der Waals surface area contributed by atoms with Gasteiger partial charge in [0.25, 0.3) is 5.91 Å². The van der Waals surface area contributed by atoms with Gasteiger partial charge in [0, 0.05) is 35.8 Å². The monoisotopic (exact) mass is 559 g/mol. The first kappa shape index (κ1) is 26.3. The van der Waals surface area contributed by atoms with Crippen LogP contribution >= 0.6 is 0 Å². The molecule has 2 N–H and O–H groups in total. The summed E-state index contributed by atoms with van der Waals surface area (Å²) in [6.45, 7) is 5.81. The summed E-state index contributed by atoms with van der Waals surface area (Å²) in [6.07, 6.45) is 0.893. The Kier molecular flexibility index (Phi) is 6.73. The number of hydrogen-bond donors (Lipinski definition) is 2. The van der Waals surface area contributed by atoms with Crippen molar-refractivity contribution in [2.24, 2.45) is 0 Å². The van der Waals surface area contributed by atoms with E-state index >= 15 is 0 Å². The number of fused-ring (bicyclic) bond motifs is 2. The number of carbonyl (C=O) groups is 1. The molecule has 206 valence electrons. The molecule has 0 saturated carbocycles. The Hall–Kier alpha value is -3.93. The fourth-order valence-corrected chi connectivity index (χ4v) is 6.93. The van der Waals surface area contributed by atoms with Gasteiger partial charge < -0.3 is 20.1 Å². The predicted molar refractivity (Wildman–Crippen MR) is 150 cm³/mol.